The van der Waals surface area contributed by atoms with Crippen molar-refractivity contribution in [3.05, 3.63) is 90.0 Å². The van der Waals surface area contributed by atoms with Gasteiger partial charge in [-0.25, -0.2) is 0 Å². The zero-order valence-corrected chi connectivity index (χ0v) is 19.0. The Morgan fingerprint density at radius 2 is 1.45 bits per heavy atom. The number of aryl methyl sites for hydroxylation is 1. The van der Waals surface area contributed by atoms with Gasteiger partial charge in [-0.15, -0.1) is 0 Å². The molecule has 4 heteroatoms. The lowest BCUT2D eigenvalue weighted by molar-refractivity contribution is -0.932. The standard InChI is InChI=1S/C27H32NO2.ClH/c1-22-9-11-23(12-10-22)19-28(17-5-6-18-28)20-26(29)21-30-27-15-13-25(14-16-27)24-7-3-2-4-8-24;/h2-4,7-16,26,29H,5-6,17-21H2,1H3;1H/q+1;/p-1. The molecule has 164 valence electrons. The number of ether oxygens (including phenoxy) is 1. The van der Waals surface area contributed by atoms with Gasteiger partial charge in [-0.2, -0.15) is 0 Å². The van der Waals surface area contributed by atoms with Crippen molar-refractivity contribution < 1.29 is 26.7 Å². The van der Waals surface area contributed by atoms with Crippen molar-refractivity contribution >= 4 is 0 Å². The number of rotatable bonds is 8. The lowest BCUT2D eigenvalue weighted by Gasteiger charge is -2.36. The predicted octanol–water partition coefficient (Wildman–Crippen LogP) is 2.22. The number of hydrogen-bond donors (Lipinski definition) is 1. The summed E-state index contributed by atoms with van der Waals surface area (Å²) in [6, 6.07) is 27.3. The van der Waals surface area contributed by atoms with Crippen LogP contribution in [0.5, 0.6) is 5.75 Å². The van der Waals surface area contributed by atoms with Gasteiger partial charge in [-0.05, 0) is 30.2 Å². The number of halogens is 1. The molecule has 0 aromatic heterocycles. The van der Waals surface area contributed by atoms with E-state index in [2.05, 4.69) is 55.5 Å². The SMILES string of the molecule is Cc1ccc(C[N+]2(CC(O)COc3ccc(-c4ccccc4)cc3)CCCC2)cc1.[Cl-]. The average Bonchev–Trinajstić information content (AvgIpc) is 3.23. The second-order valence-electron chi connectivity index (χ2n) is 8.68. The minimum atomic E-state index is -0.470. The largest absolute Gasteiger partial charge is 1.00 e. The molecule has 3 aromatic rings. The summed E-state index contributed by atoms with van der Waals surface area (Å²) in [7, 11) is 0. The first-order chi connectivity index (χ1) is 14.6. The van der Waals surface area contributed by atoms with Crippen LogP contribution in [0.3, 0.4) is 0 Å². The zero-order valence-electron chi connectivity index (χ0n) is 18.2. The molecule has 1 heterocycles. The lowest BCUT2D eigenvalue weighted by atomic mass is 10.1. The number of hydrogen-bond acceptors (Lipinski definition) is 2. The first-order valence-electron chi connectivity index (χ1n) is 11.0. The van der Waals surface area contributed by atoms with Gasteiger partial charge in [-0.3, -0.25) is 0 Å². The highest BCUT2D eigenvalue weighted by atomic mass is 35.5. The first-order valence-corrected chi connectivity index (χ1v) is 11.0. The van der Waals surface area contributed by atoms with Crippen molar-refractivity contribution in [3.63, 3.8) is 0 Å². The van der Waals surface area contributed by atoms with Crippen LogP contribution in [-0.4, -0.2) is 41.9 Å². The number of benzene rings is 3. The summed E-state index contributed by atoms with van der Waals surface area (Å²) >= 11 is 0. The maximum absolute atomic E-state index is 10.8. The molecule has 0 radical (unpaired) electrons. The fourth-order valence-electron chi connectivity index (χ4n) is 4.56. The molecule has 31 heavy (non-hydrogen) atoms. The summed E-state index contributed by atoms with van der Waals surface area (Å²) in [6.07, 6.45) is 2.00. The third-order valence-corrected chi connectivity index (χ3v) is 6.16. The summed E-state index contributed by atoms with van der Waals surface area (Å²) in [5.74, 6) is 0.806. The molecule has 0 spiro atoms. The Labute approximate surface area is 192 Å². The Balaban J connectivity index is 0.00000272. The highest BCUT2D eigenvalue weighted by Crippen LogP contribution is 2.25. The molecule has 1 fully saturated rings. The van der Waals surface area contributed by atoms with E-state index in [0.717, 1.165) is 36.4 Å². The molecule has 0 saturated carbocycles. The Hall–Kier alpha value is -2.33. The van der Waals surface area contributed by atoms with Crippen LogP contribution in [0.4, 0.5) is 0 Å². The van der Waals surface area contributed by atoms with Gasteiger partial charge < -0.3 is 26.7 Å². The monoisotopic (exact) mass is 437 g/mol. The van der Waals surface area contributed by atoms with Crippen LogP contribution in [0, 0.1) is 6.92 Å². The van der Waals surface area contributed by atoms with E-state index in [4.69, 9.17) is 4.74 Å². The maximum atomic E-state index is 10.8. The molecule has 1 unspecified atom stereocenters. The topological polar surface area (TPSA) is 29.5 Å². The number of nitrogens with zero attached hydrogens (tertiary/aromatic N) is 1. The highest BCUT2D eigenvalue weighted by molar-refractivity contribution is 5.63. The van der Waals surface area contributed by atoms with Crippen LogP contribution in [0.2, 0.25) is 0 Å². The van der Waals surface area contributed by atoms with Crippen molar-refractivity contribution in [1.29, 1.82) is 0 Å². The van der Waals surface area contributed by atoms with E-state index >= 15 is 0 Å². The lowest BCUT2D eigenvalue weighted by Crippen LogP contribution is -3.00. The number of likely N-dealkylation sites (tertiary alicyclic amines) is 1. The molecule has 1 N–H and O–H groups in total. The summed E-state index contributed by atoms with van der Waals surface area (Å²) in [6.45, 7) is 6.46. The smallest absolute Gasteiger partial charge is 0.137 e. The van der Waals surface area contributed by atoms with Gasteiger partial charge in [0, 0.05) is 18.4 Å². The minimum absolute atomic E-state index is 0. The van der Waals surface area contributed by atoms with E-state index in [9.17, 15) is 5.11 Å². The molecule has 0 bridgehead atoms. The van der Waals surface area contributed by atoms with Gasteiger partial charge in [-0.1, -0.05) is 72.3 Å². The molecule has 1 aliphatic rings. The van der Waals surface area contributed by atoms with Gasteiger partial charge in [0.05, 0.1) is 13.1 Å². The van der Waals surface area contributed by atoms with E-state index < -0.39 is 6.10 Å². The van der Waals surface area contributed by atoms with Crippen LogP contribution in [0.15, 0.2) is 78.9 Å². The van der Waals surface area contributed by atoms with Crippen molar-refractivity contribution in [3.8, 4) is 16.9 Å². The summed E-state index contributed by atoms with van der Waals surface area (Å²) in [4.78, 5) is 0. The van der Waals surface area contributed by atoms with Crippen LogP contribution in [-0.2, 0) is 6.54 Å². The quantitative estimate of drug-likeness (QED) is 0.547. The fraction of sp³-hybridized carbons (Fsp3) is 0.333. The summed E-state index contributed by atoms with van der Waals surface area (Å²) < 4.78 is 6.88. The Kier molecular flexibility index (Phi) is 8.14. The van der Waals surface area contributed by atoms with Gasteiger partial charge in [0.15, 0.2) is 0 Å². The normalized spacial score (nSPS) is 15.8. The van der Waals surface area contributed by atoms with Crippen LogP contribution >= 0.6 is 0 Å². The van der Waals surface area contributed by atoms with E-state index in [1.807, 2.05) is 30.3 Å². The van der Waals surface area contributed by atoms with Crippen LogP contribution < -0.4 is 17.1 Å². The van der Waals surface area contributed by atoms with Crippen molar-refractivity contribution in [2.24, 2.45) is 0 Å². The Morgan fingerprint density at radius 3 is 2.10 bits per heavy atom. The third kappa shape index (κ3) is 6.33. The third-order valence-electron chi connectivity index (χ3n) is 6.16. The van der Waals surface area contributed by atoms with Crippen LogP contribution in [0.1, 0.15) is 24.0 Å². The molecule has 0 aliphatic carbocycles. The maximum Gasteiger partial charge on any atom is 0.137 e. The van der Waals surface area contributed by atoms with Crippen molar-refractivity contribution in [2.75, 3.05) is 26.2 Å². The van der Waals surface area contributed by atoms with E-state index in [1.54, 1.807) is 0 Å². The molecular weight excluding hydrogens is 406 g/mol. The minimum Gasteiger partial charge on any atom is -1.00 e. The van der Waals surface area contributed by atoms with Crippen molar-refractivity contribution in [2.45, 2.75) is 32.4 Å². The molecule has 1 aliphatic heterocycles. The molecule has 4 rings (SSSR count). The first kappa shape index (κ1) is 23.3. The van der Waals surface area contributed by atoms with Gasteiger partial charge in [0.25, 0.3) is 0 Å². The van der Waals surface area contributed by atoms with E-state index in [-0.39, 0.29) is 12.4 Å². The number of quaternary nitrogens is 1. The Morgan fingerprint density at radius 1 is 0.839 bits per heavy atom. The van der Waals surface area contributed by atoms with Gasteiger partial charge in [0.2, 0.25) is 0 Å². The molecule has 3 aromatic carbocycles. The summed E-state index contributed by atoms with van der Waals surface area (Å²) in [5.41, 5.74) is 5.01. The molecule has 3 nitrogen and oxygen atoms in total. The molecule has 1 saturated heterocycles. The van der Waals surface area contributed by atoms with Gasteiger partial charge >= 0.3 is 0 Å². The predicted molar refractivity (Wildman–Crippen MR) is 122 cm³/mol. The second kappa shape index (κ2) is 10.8. The van der Waals surface area contributed by atoms with Gasteiger partial charge in [0.1, 0.15) is 31.5 Å². The summed E-state index contributed by atoms with van der Waals surface area (Å²) in [5, 5.41) is 10.8. The van der Waals surface area contributed by atoms with E-state index in [0.29, 0.717) is 6.61 Å². The molecule has 1 atom stereocenters. The average molecular weight is 438 g/mol. The number of aliphatic hydroxyl groups excluding tert-OH is 1. The zero-order chi connectivity index (χ0) is 20.8. The highest BCUT2D eigenvalue weighted by Gasteiger charge is 2.34. The molecule has 0 amide bonds. The second-order valence-corrected chi connectivity index (χ2v) is 8.68. The Bertz CT molecular complexity index is 920. The fourth-order valence-corrected chi connectivity index (χ4v) is 4.56. The molecular formula is C27H32ClNO2. The van der Waals surface area contributed by atoms with Crippen LogP contribution in [0.25, 0.3) is 11.1 Å². The van der Waals surface area contributed by atoms with Crippen molar-refractivity contribution in [1.82, 2.24) is 0 Å². The number of aliphatic hydroxyl groups is 1. The van der Waals surface area contributed by atoms with E-state index in [1.165, 1.54) is 35.1 Å².